The zero-order valence-electron chi connectivity index (χ0n) is 18.8. The molecule has 0 unspecified atom stereocenters. The van der Waals surface area contributed by atoms with Gasteiger partial charge < -0.3 is 19.9 Å². The van der Waals surface area contributed by atoms with Crippen LogP contribution in [0.1, 0.15) is 44.2 Å². The molecule has 2 N–H and O–H groups in total. The van der Waals surface area contributed by atoms with Gasteiger partial charge in [0, 0.05) is 31.6 Å². The van der Waals surface area contributed by atoms with Gasteiger partial charge in [0.2, 0.25) is 5.90 Å². The smallest absolute Gasteiger partial charge is 0.252 e. The lowest BCUT2D eigenvalue weighted by molar-refractivity contribution is -0.128. The first-order valence-electron chi connectivity index (χ1n) is 11.2. The van der Waals surface area contributed by atoms with E-state index in [0.29, 0.717) is 37.6 Å². The molecular weight excluding hydrogens is 404 g/mol. The summed E-state index contributed by atoms with van der Waals surface area (Å²) in [6, 6.07) is 17.4. The molecule has 2 aromatic carbocycles. The number of nitrogens with zero attached hydrogens (tertiary/aromatic N) is 1. The molecule has 1 aliphatic heterocycles. The minimum atomic E-state index is -1.02. The fourth-order valence-corrected chi connectivity index (χ4v) is 3.51. The maximum absolute atomic E-state index is 13.2. The summed E-state index contributed by atoms with van der Waals surface area (Å²) in [5, 5.41) is 11.9. The Morgan fingerprint density at radius 1 is 1.22 bits per heavy atom. The highest BCUT2D eigenvalue weighted by Gasteiger charge is 2.49. The molecule has 0 radical (unpaired) electrons. The third-order valence-corrected chi connectivity index (χ3v) is 5.40. The number of rotatable bonds is 11. The first-order chi connectivity index (χ1) is 15.6. The number of amides is 1. The Hall–Kier alpha value is -3.12. The first kappa shape index (κ1) is 23.5. The Labute approximate surface area is 190 Å². The van der Waals surface area contributed by atoms with E-state index >= 15 is 0 Å². The number of carbonyl (C=O) groups is 1. The second-order valence-corrected chi connectivity index (χ2v) is 7.82. The molecular formula is C26H32N2O4. The third kappa shape index (κ3) is 5.77. The molecule has 6 heteroatoms. The molecule has 0 spiro atoms. The van der Waals surface area contributed by atoms with Gasteiger partial charge in [-0.15, -0.1) is 0 Å². The topological polar surface area (TPSA) is 80.2 Å². The molecule has 1 heterocycles. The summed E-state index contributed by atoms with van der Waals surface area (Å²) < 4.78 is 11.7. The normalized spacial score (nSPS) is 20.1. The van der Waals surface area contributed by atoms with Crippen molar-refractivity contribution in [1.29, 1.82) is 0 Å². The van der Waals surface area contributed by atoms with E-state index in [1.165, 1.54) is 0 Å². The molecule has 170 valence electrons. The van der Waals surface area contributed by atoms with E-state index in [9.17, 15) is 4.79 Å². The first-order valence-corrected chi connectivity index (χ1v) is 11.2. The summed E-state index contributed by atoms with van der Waals surface area (Å²) in [6.45, 7) is 5.07. The fraction of sp³-hybridized carbons (Fsp3) is 0.385. The molecule has 3 rings (SSSR count). The van der Waals surface area contributed by atoms with Gasteiger partial charge in [0.15, 0.2) is 5.54 Å². The number of benzene rings is 2. The van der Waals surface area contributed by atoms with Crippen molar-refractivity contribution in [2.45, 2.75) is 44.8 Å². The van der Waals surface area contributed by atoms with Crippen LogP contribution in [0.4, 0.5) is 0 Å². The van der Waals surface area contributed by atoms with Crippen molar-refractivity contribution in [3.8, 4) is 5.75 Å². The molecule has 0 saturated carbocycles. The fourth-order valence-electron chi connectivity index (χ4n) is 3.51. The van der Waals surface area contributed by atoms with Crippen molar-refractivity contribution in [2.24, 2.45) is 4.99 Å². The van der Waals surface area contributed by atoms with Crippen LogP contribution in [0.5, 0.6) is 5.75 Å². The van der Waals surface area contributed by atoms with E-state index in [0.717, 1.165) is 17.5 Å². The average Bonchev–Trinajstić information content (AvgIpc) is 3.16. The summed E-state index contributed by atoms with van der Waals surface area (Å²) in [5.74, 6) is 1.05. The van der Waals surface area contributed by atoms with Gasteiger partial charge in [-0.05, 0) is 43.2 Å². The number of hydrogen-bond donors (Lipinski definition) is 2. The van der Waals surface area contributed by atoms with Crippen molar-refractivity contribution in [2.75, 3.05) is 19.8 Å². The van der Waals surface area contributed by atoms with Gasteiger partial charge in [-0.25, -0.2) is 4.99 Å². The number of hydrogen-bond acceptors (Lipinski definition) is 5. The van der Waals surface area contributed by atoms with Crippen LogP contribution in [0, 0.1) is 0 Å². The summed E-state index contributed by atoms with van der Waals surface area (Å²) in [5.41, 5.74) is 0.847. The second kappa shape index (κ2) is 11.5. The maximum Gasteiger partial charge on any atom is 0.252 e. The Morgan fingerprint density at radius 3 is 2.66 bits per heavy atom. The van der Waals surface area contributed by atoms with Gasteiger partial charge in [-0.1, -0.05) is 49.4 Å². The van der Waals surface area contributed by atoms with E-state index in [1.54, 1.807) is 0 Å². The summed E-state index contributed by atoms with van der Waals surface area (Å²) in [7, 11) is 0. The number of carbonyl (C=O) groups excluding carboxylic acids is 1. The van der Waals surface area contributed by atoms with Gasteiger partial charge in [-0.3, -0.25) is 4.79 Å². The molecule has 0 fully saturated rings. The van der Waals surface area contributed by atoms with E-state index in [1.807, 2.05) is 80.6 Å². The Kier molecular flexibility index (Phi) is 8.45. The predicted octanol–water partition coefficient (Wildman–Crippen LogP) is 3.98. The maximum atomic E-state index is 13.2. The lowest BCUT2D eigenvalue weighted by Crippen LogP contribution is -2.50. The molecule has 0 aliphatic carbocycles. The van der Waals surface area contributed by atoms with Crippen LogP contribution in [0.3, 0.4) is 0 Å². The average molecular weight is 437 g/mol. The molecule has 2 atom stereocenters. The Bertz CT molecular complexity index is 925. The van der Waals surface area contributed by atoms with Crippen molar-refractivity contribution >= 4 is 17.9 Å². The lowest BCUT2D eigenvalue weighted by Gasteiger charge is -2.26. The second-order valence-electron chi connectivity index (χ2n) is 7.82. The van der Waals surface area contributed by atoms with Crippen LogP contribution < -0.4 is 10.1 Å². The van der Waals surface area contributed by atoms with Crippen molar-refractivity contribution < 1.29 is 19.4 Å². The standard InChI is InChI=1S/C26H32N2O4/c1-3-17-27-25(30)26(16-7-11-21-9-5-4-6-10-21)20(2)32-24(28-26)22-12-14-23(15-13-22)31-19-8-18-29/h4-7,9-15,20,29H,3,8,16-19H2,1-2H3,(H,27,30)/b11-7+/t20-,26-/m1/s1. The number of aliphatic hydroxyl groups excluding tert-OH is 1. The number of aliphatic hydroxyl groups is 1. The van der Waals surface area contributed by atoms with Crippen LogP contribution in [0.15, 0.2) is 65.7 Å². The lowest BCUT2D eigenvalue weighted by atomic mass is 9.89. The molecule has 6 nitrogen and oxygen atoms in total. The largest absolute Gasteiger partial charge is 0.494 e. The zero-order valence-corrected chi connectivity index (χ0v) is 18.8. The number of nitrogens with one attached hydrogen (secondary N) is 1. The summed E-state index contributed by atoms with van der Waals surface area (Å²) in [4.78, 5) is 18.0. The van der Waals surface area contributed by atoms with E-state index < -0.39 is 11.6 Å². The quantitative estimate of drug-likeness (QED) is 0.522. The molecule has 32 heavy (non-hydrogen) atoms. The minimum Gasteiger partial charge on any atom is -0.494 e. The minimum absolute atomic E-state index is 0.0987. The van der Waals surface area contributed by atoms with Crippen molar-refractivity contribution in [1.82, 2.24) is 5.32 Å². The van der Waals surface area contributed by atoms with Gasteiger partial charge in [0.05, 0.1) is 6.61 Å². The number of aliphatic imine (C=N–C) groups is 1. The molecule has 0 aromatic heterocycles. The van der Waals surface area contributed by atoms with Crippen LogP contribution in [-0.4, -0.2) is 48.3 Å². The highest BCUT2D eigenvalue weighted by Crippen LogP contribution is 2.33. The van der Waals surface area contributed by atoms with Crippen LogP contribution in [0.2, 0.25) is 0 Å². The highest BCUT2D eigenvalue weighted by molar-refractivity contribution is 6.00. The zero-order chi connectivity index (χ0) is 22.8. The van der Waals surface area contributed by atoms with Crippen LogP contribution in [0.25, 0.3) is 6.08 Å². The number of ether oxygens (including phenoxy) is 2. The van der Waals surface area contributed by atoms with Crippen LogP contribution in [-0.2, 0) is 9.53 Å². The SMILES string of the molecule is CCCNC(=O)[C@]1(C/C=C/c2ccccc2)N=C(c2ccc(OCCCO)cc2)O[C@@H]1C. The highest BCUT2D eigenvalue weighted by atomic mass is 16.5. The molecule has 1 aliphatic rings. The van der Waals surface area contributed by atoms with Crippen molar-refractivity contribution in [3.63, 3.8) is 0 Å². The van der Waals surface area contributed by atoms with Crippen LogP contribution >= 0.6 is 0 Å². The Balaban J connectivity index is 1.82. The Morgan fingerprint density at radius 2 is 1.97 bits per heavy atom. The summed E-state index contributed by atoms with van der Waals surface area (Å²) in [6.07, 6.45) is 5.46. The summed E-state index contributed by atoms with van der Waals surface area (Å²) >= 11 is 0. The van der Waals surface area contributed by atoms with Gasteiger partial charge in [-0.2, -0.15) is 0 Å². The van der Waals surface area contributed by atoms with Gasteiger partial charge in [0.25, 0.3) is 5.91 Å². The third-order valence-electron chi connectivity index (χ3n) is 5.40. The monoisotopic (exact) mass is 436 g/mol. The molecule has 1 amide bonds. The van der Waals surface area contributed by atoms with Gasteiger partial charge in [0.1, 0.15) is 11.9 Å². The molecule has 2 aromatic rings. The van der Waals surface area contributed by atoms with E-state index in [2.05, 4.69) is 5.32 Å². The van der Waals surface area contributed by atoms with E-state index in [-0.39, 0.29) is 12.5 Å². The van der Waals surface area contributed by atoms with Gasteiger partial charge >= 0.3 is 0 Å². The predicted molar refractivity (Wildman–Crippen MR) is 127 cm³/mol. The van der Waals surface area contributed by atoms with E-state index in [4.69, 9.17) is 19.6 Å². The molecule has 0 bridgehead atoms. The van der Waals surface area contributed by atoms with Crippen molar-refractivity contribution in [3.05, 3.63) is 71.8 Å². The molecule has 0 saturated heterocycles.